The van der Waals surface area contributed by atoms with Crippen molar-refractivity contribution in [2.75, 3.05) is 5.73 Å². The molecule has 0 aliphatic heterocycles. The van der Waals surface area contributed by atoms with Gasteiger partial charge in [0.15, 0.2) is 0 Å². The number of nitrogen functional groups attached to an aromatic ring is 1. The molecule has 4 heteroatoms. The van der Waals surface area contributed by atoms with Crippen LogP contribution in [0, 0.1) is 6.92 Å². The first kappa shape index (κ1) is 14.9. The van der Waals surface area contributed by atoms with Crippen molar-refractivity contribution in [3.05, 3.63) is 53.1 Å². The number of rotatable bonds is 4. The van der Waals surface area contributed by atoms with E-state index in [2.05, 4.69) is 13.8 Å². The van der Waals surface area contributed by atoms with Crippen molar-refractivity contribution in [1.82, 2.24) is 0 Å². The molecule has 2 aromatic rings. The van der Waals surface area contributed by atoms with Crippen molar-refractivity contribution >= 4 is 11.7 Å². The number of ether oxygens (including phenoxy) is 1. The SMILES string of the molecule is Cc1ccc(C(C)C)c(Oc2cc(N)ccc2C(=O)O)c1. The first-order chi connectivity index (χ1) is 9.88. The van der Waals surface area contributed by atoms with Gasteiger partial charge in [0.2, 0.25) is 0 Å². The van der Waals surface area contributed by atoms with E-state index < -0.39 is 5.97 Å². The highest BCUT2D eigenvalue weighted by Crippen LogP contribution is 2.34. The maximum Gasteiger partial charge on any atom is 0.339 e. The molecule has 0 aliphatic carbocycles. The summed E-state index contributed by atoms with van der Waals surface area (Å²) in [6, 6.07) is 10.5. The van der Waals surface area contributed by atoms with E-state index in [9.17, 15) is 9.90 Å². The first-order valence-electron chi connectivity index (χ1n) is 6.79. The molecule has 0 spiro atoms. The fraction of sp³-hybridized carbons (Fsp3) is 0.235. The Balaban J connectivity index is 2.49. The maximum atomic E-state index is 11.3. The molecular formula is C17H19NO3. The second kappa shape index (κ2) is 5.87. The van der Waals surface area contributed by atoms with Gasteiger partial charge in [-0.2, -0.15) is 0 Å². The van der Waals surface area contributed by atoms with E-state index in [-0.39, 0.29) is 17.2 Å². The molecule has 2 rings (SSSR count). The highest BCUT2D eigenvalue weighted by molar-refractivity contribution is 5.91. The highest BCUT2D eigenvalue weighted by atomic mass is 16.5. The van der Waals surface area contributed by atoms with Gasteiger partial charge in [-0.15, -0.1) is 0 Å². The van der Waals surface area contributed by atoms with Gasteiger partial charge in [-0.1, -0.05) is 26.0 Å². The van der Waals surface area contributed by atoms with Gasteiger partial charge in [-0.25, -0.2) is 4.79 Å². The van der Waals surface area contributed by atoms with E-state index in [4.69, 9.17) is 10.5 Å². The Hall–Kier alpha value is -2.49. The molecule has 0 radical (unpaired) electrons. The van der Waals surface area contributed by atoms with Crippen LogP contribution in [0.15, 0.2) is 36.4 Å². The quantitative estimate of drug-likeness (QED) is 0.826. The number of benzene rings is 2. The van der Waals surface area contributed by atoms with E-state index in [0.29, 0.717) is 11.4 Å². The Labute approximate surface area is 124 Å². The minimum absolute atomic E-state index is 0.0976. The largest absolute Gasteiger partial charge is 0.478 e. The molecule has 21 heavy (non-hydrogen) atoms. The Morgan fingerprint density at radius 1 is 1.14 bits per heavy atom. The lowest BCUT2D eigenvalue weighted by molar-refractivity contribution is 0.0694. The molecule has 0 saturated carbocycles. The lowest BCUT2D eigenvalue weighted by Gasteiger charge is -2.16. The normalized spacial score (nSPS) is 10.7. The second-order valence-corrected chi connectivity index (χ2v) is 5.36. The Morgan fingerprint density at radius 3 is 2.48 bits per heavy atom. The van der Waals surface area contributed by atoms with Crippen LogP contribution in [0.5, 0.6) is 11.5 Å². The molecular weight excluding hydrogens is 266 g/mol. The summed E-state index contributed by atoms with van der Waals surface area (Å²) < 4.78 is 5.86. The highest BCUT2D eigenvalue weighted by Gasteiger charge is 2.15. The zero-order valence-electron chi connectivity index (χ0n) is 12.4. The monoisotopic (exact) mass is 285 g/mol. The predicted molar refractivity (Wildman–Crippen MR) is 83.2 cm³/mol. The van der Waals surface area contributed by atoms with E-state index in [1.807, 2.05) is 25.1 Å². The number of carbonyl (C=O) groups is 1. The summed E-state index contributed by atoms with van der Waals surface area (Å²) in [5.74, 6) is 0.159. The number of anilines is 1. The number of hydrogen-bond donors (Lipinski definition) is 2. The third-order valence-electron chi connectivity index (χ3n) is 3.25. The van der Waals surface area contributed by atoms with Crippen LogP contribution >= 0.6 is 0 Å². The first-order valence-corrected chi connectivity index (χ1v) is 6.79. The van der Waals surface area contributed by atoms with Crippen LogP contribution in [0.2, 0.25) is 0 Å². The molecule has 0 atom stereocenters. The van der Waals surface area contributed by atoms with Gasteiger partial charge in [0.25, 0.3) is 0 Å². The maximum absolute atomic E-state index is 11.3. The number of aromatic carboxylic acids is 1. The molecule has 0 unspecified atom stereocenters. The fourth-order valence-corrected chi connectivity index (χ4v) is 2.13. The number of carboxylic acid groups (broad SMARTS) is 1. The summed E-state index contributed by atoms with van der Waals surface area (Å²) in [7, 11) is 0. The Bertz CT molecular complexity index is 678. The van der Waals surface area contributed by atoms with E-state index >= 15 is 0 Å². The molecule has 0 fully saturated rings. The van der Waals surface area contributed by atoms with Gasteiger partial charge in [0, 0.05) is 11.8 Å². The van der Waals surface area contributed by atoms with Crippen molar-refractivity contribution < 1.29 is 14.6 Å². The third kappa shape index (κ3) is 3.34. The van der Waals surface area contributed by atoms with Crippen molar-refractivity contribution in [2.45, 2.75) is 26.7 Å². The average molecular weight is 285 g/mol. The van der Waals surface area contributed by atoms with Gasteiger partial charge in [0.1, 0.15) is 17.1 Å². The van der Waals surface area contributed by atoms with Gasteiger partial charge in [-0.3, -0.25) is 0 Å². The van der Waals surface area contributed by atoms with E-state index in [0.717, 1.165) is 11.1 Å². The van der Waals surface area contributed by atoms with Crippen LogP contribution in [0.4, 0.5) is 5.69 Å². The molecule has 0 aliphatic rings. The number of aryl methyl sites for hydroxylation is 1. The molecule has 0 saturated heterocycles. The molecule has 110 valence electrons. The smallest absolute Gasteiger partial charge is 0.339 e. The van der Waals surface area contributed by atoms with Crippen molar-refractivity contribution in [3.63, 3.8) is 0 Å². The average Bonchev–Trinajstić information content (AvgIpc) is 2.38. The van der Waals surface area contributed by atoms with Gasteiger partial charge in [-0.05, 0) is 42.2 Å². The predicted octanol–water partition coefficient (Wildman–Crippen LogP) is 4.19. The van der Waals surface area contributed by atoms with E-state index in [1.54, 1.807) is 6.07 Å². The Morgan fingerprint density at radius 2 is 1.86 bits per heavy atom. The number of nitrogens with two attached hydrogens (primary N) is 1. The minimum atomic E-state index is -1.04. The molecule has 3 N–H and O–H groups in total. The van der Waals surface area contributed by atoms with Gasteiger partial charge >= 0.3 is 5.97 Å². The van der Waals surface area contributed by atoms with Crippen LogP contribution in [0.25, 0.3) is 0 Å². The van der Waals surface area contributed by atoms with Crippen LogP contribution < -0.4 is 10.5 Å². The topological polar surface area (TPSA) is 72.5 Å². The zero-order valence-corrected chi connectivity index (χ0v) is 12.4. The molecule has 0 aromatic heterocycles. The standard InChI is InChI=1S/C17H19NO3/c1-10(2)13-6-4-11(3)8-15(13)21-16-9-12(18)5-7-14(16)17(19)20/h4-10H,18H2,1-3H3,(H,19,20). The minimum Gasteiger partial charge on any atom is -0.478 e. The van der Waals surface area contributed by atoms with Gasteiger partial charge in [0.05, 0.1) is 0 Å². The zero-order chi connectivity index (χ0) is 15.6. The lowest BCUT2D eigenvalue weighted by Crippen LogP contribution is -2.02. The summed E-state index contributed by atoms with van der Waals surface area (Å²) in [6.07, 6.45) is 0. The second-order valence-electron chi connectivity index (χ2n) is 5.36. The third-order valence-corrected chi connectivity index (χ3v) is 3.25. The van der Waals surface area contributed by atoms with Crippen molar-refractivity contribution in [1.29, 1.82) is 0 Å². The summed E-state index contributed by atoms with van der Waals surface area (Å²) >= 11 is 0. The molecule has 2 aromatic carbocycles. The Kier molecular flexibility index (Phi) is 4.17. The molecule has 0 bridgehead atoms. The lowest BCUT2D eigenvalue weighted by atomic mass is 10.0. The summed E-state index contributed by atoms with van der Waals surface area (Å²) in [5, 5.41) is 9.25. The van der Waals surface area contributed by atoms with Crippen molar-refractivity contribution in [3.8, 4) is 11.5 Å². The summed E-state index contributed by atoms with van der Waals surface area (Å²) in [5.41, 5.74) is 8.38. The molecule has 0 amide bonds. The van der Waals surface area contributed by atoms with Crippen LogP contribution in [-0.2, 0) is 0 Å². The van der Waals surface area contributed by atoms with E-state index in [1.165, 1.54) is 12.1 Å². The van der Waals surface area contributed by atoms with Crippen LogP contribution in [0.3, 0.4) is 0 Å². The number of carboxylic acids is 1. The van der Waals surface area contributed by atoms with Gasteiger partial charge < -0.3 is 15.6 Å². The molecule has 4 nitrogen and oxygen atoms in total. The number of hydrogen-bond acceptors (Lipinski definition) is 3. The fourth-order valence-electron chi connectivity index (χ4n) is 2.13. The van der Waals surface area contributed by atoms with Crippen molar-refractivity contribution in [2.24, 2.45) is 0 Å². The van der Waals surface area contributed by atoms with Crippen LogP contribution in [0.1, 0.15) is 41.3 Å². The summed E-state index contributed by atoms with van der Waals surface area (Å²) in [6.45, 7) is 6.10. The molecule has 0 heterocycles. The summed E-state index contributed by atoms with van der Waals surface area (Å²) in [4.78, 5) is 11.3. The van der Waals surface area contributed by atoms with Crippen LogP contribution in [-0.4, -0.2) is 11.1 Å².